The van der Waals surface area contributed by atoms with Gasteiger partial charge in [0.25, 0.3) is 5.91 Å². The van der Waals surface area contributed by atoms with Crippen molar-refractivity contribution in [2.75, 3.05) is 25.1 Å². The molecule has 0 bridgehead atoms. The molecule has 20 heavy (non-hydrogen) atoms. The first-order chi connectivity index (χ1) is 9.72. The van der Waals surface area contributed by atoms with E-state index in [9.17, 15) is 4.79 Å². The molecular formula is C14H23N5O. The van der Waals surface area contributed by atoms with Gasteiger partial charge in [0, 0.05) is 19.1 Å². The number of rotatable bonds is 5. The molecule has 1 amide bonds. The molecule has 1 saturated heterocycles. The number of hydrazine groups is 1. The van der Waals surface area contributed by atoms with Crippen LogP contribution in [-0.2, 0) is 0 Å². The molecule has 0 spiro atoms. The van der Waals surface area contributed by atoms with Gasteiger partial charge < -0.3 is 15.6 Å². The number of nitrogens with zero attached hydrogens (tertiary/aromatic N) is 2. The van der Waals surface area contributed by atoms with Crippen LogP contribution in [0.2, 0.25) is 0 Å². The highest BCUT2D eigenvalue weighted by molar-refractivity contribution is 5.92. The van der Waals surface area contributed by atoms with E-state index >= 15 is 0 Å². The highest BCUT2D eigenvalue weighted by atomic mass is 16.1. The molecule has 110 valence electrons. The highest BCUT2D eigenvalue weighted by Crippen LogP contribution is 2.11. The molecule has 1 aromatic rings. The van der Waals surface area contributed by atoms with Gasteiger partial charge in [0.15, 0.2) is 0 Å². The molecule has 1 fully saturated rings. The molecule has 0 unspecified atom stereocenters. The number of amides is 1. The van der Waals surface area contributed by atoms with E-state index in [0.29, 0.717) is 11.5 Å². The Balaban J connectivity index is 1.86. The maximum absolute atomic E-state index is 12.1. The van der Waals surface area contributed by atoms with Crippen LogP contribution in [0.4, 0.5) is 5.82 Å². The summed E-state index contributed by atoms with van der Waals surface area (Å²) in [6, 6.07) is 5.43. The minimum absolute atomic E-state index is 0.129. The Morgan fingerprint density at radius 3 is 2.85 bits per heavy atom. The minimum atomic E-state index is -0.129. The Morgan fingerprint density at radius 1 is 1.45 bits per heavy atom. The SMILES string of the molecule is CCCN1CCC(NC(=O)c2cccc(NN)n2)CC1. The number of hydrogen-bond acceptors (Lipinski definition) is 5. The van der Waals surface area contributed by atoms with Gasteiger partial charge in [0.05, 0.1) is 0 Å². The molecule has 6 nitrogen and oxygen atoms in total. The van der Waals surface area contributed by atoms with Crippen molar-refractivity contribution < 1.29 is 4.79 Å². The van der Waals surface area contributed by atoms with Gasteiger partial charge in [-0.3, -0.25) is 4.79 Å². The first-order valence-electron chi connectivity index (χ1n) is 7.19. The number of carbonyl (C=O) groups excluding carboxylic acids is 1. The van der Waals surface area contributed by atoms with Gasteiger partial charge in [-0.05, 0) is 37.9 Å². The third-order valence-corrected chi connectivity index (χ3v) is 3.59. The standard InChI is InChI=1S/C14H23N5O/c1-2-8-19-9-6-11(7-10-19)16-14(20)12-4-3-5-13(17-12)18-15/h3-5,11H,2,6-10,15H2,1H3,(H,16,20)(H,17,18). The van der Waals surface area contributed by atoms with Gasteiger partial charge >= 0.3 is 0 Å². The maximum atomic E-state index is 12.1. The second-order valence-electron chi connectivity index (χ2n) is 5.14. The number of carbonyl (C=O) groups is 1. The highest BCUT2D eigenvalue weighted by Gasteiger charge is 2.21. The lowest BCUT2D eigenvalue weighted by atomic mass is 10.0. The fourth-order valence-corrected chi connectivity index (χ4v) is 2.52. The van der Waals surface area contributed by atoms with Crippen molar-refractivity contribution in [3.63, 3.8) is 0 Å². The van der Waals surface area contributed by atoms with E-state index in [-0.39, 0.29) is 11.9 Å². The average molecular weight is 277 g/mol. The number of nitrogens with one attached hydrogen (secondary N) is 2. The molecule has 6 heteroatoms. The summed E-state index contributed by atoms with van der Waals surface area (Å²) in [6.07, 6.45) is 3.18. The Labute approximate surface area is 119 Å². The number of hydrogen-bond donors (Lipinski definition) is 3. The summed E-state index contributed by atoms with van der Waals surface area (Å²) in [5, 5.41) is 3.05. The van der Waals surface area contributed by atoms with Gasteiger partial charge in [-0.2, -0.15) is 0 Å². The summed E-state index contributed by atoms with van der Waals surface area (Å²) in [5.41, 5.74) is 2.85. The molecule has 0 saturated carbocycles. The molecule has 1 aliphatic heterocycles. The molecule has 1 aromatic heterocycles. The predicted molar refractivity (Wildman–Crippen MR) is 79.3 cm³/mol. The molecule has 2 rings (SSSR count). The van der Waals surface area contributed by atoms with Crippen LogP contribution >= 0.6 is 0 Å². The number of piperidine rings is 1. The van der Waals surface area contributed by atoms with E-state index < -0.39 is 0 Å². The van der Waals surface area contributed by atoms with Crippen molar-refractivity contribution in [1.29, 1.82) is 0 Å². The molecule has 0 aromatic carbocycles. The molecule has 0 atom stereocenters. The summed E-state index contributed by atoms with van der Waals surface area (Å²) in [6.45, 7) is 5.44. The van der Waals surface area contributed by atoms with Crippen molar-refractivity contribution in [2.45, 2.75) is 32.2 Å². The van der Waals surface area contributed by atoms with Crippen LogP contribution in [0.25, 0.3) is 0 Å². The predicted octanol–water partition coefficient (Wildman–Crippen LogP) is 0.971. The van der Waals surface area contributed by atoms with Crippen molar-refractivity contribution in [1.82, 2.24) is 15.2 Å². The summed E-state index contributed by atoms with van der Waals surface area (Å²) in [7, 11) is 0. The second-order valence-corrected chi connectivity index (χ2v) is 5.14. The topological polar surface area (TPSA) is 83.3 Å². The van der Waals surface area contributed by atoms with E-state index in [1.807, 2.05) is 0 Å². The van der Waals surface area contributed by atoms with Crippen LogP contribution in [0.15, 0.2) is 18.2 Å². The van der Waals surface area contributed by atoms with Gasteiger partial charge in [-0.25, -0.2) is 10.8 Å². The Morgan fingerprint density at radius 2 is 2.20 bits per heavy atom. The van der Waals surface area contributed by atoms with Crippen LogP contribution in [-0.4, -0.2) is 41.5 Å². The molecular weight excluding hydrogens is 254 g/mol. The molecule has 4 N–H and O–H groups in total. The van der Waals surface area contributed by atoms with Crippen LogP contribution in [0.5, 0.6) is 0 Å². The van der Waals surface area contributed by atoms with E-state index in [1.165, 1.54) is 6.42 Å². The first-order valence-corrected chi connectivity index (χ1v) is 7.19. The van der Waals surface area contributed by atoms with Gasteiger partial charge in [0.1, 0.15) is 11.5 Å². The van der Waals surface area contributed by atoms with Crippen molar-refractivity contribution in [3.05, 3.63) is 23.9 Å². The molecule has 1 aliphatic rings. The zero-order valence-corrected chi connectivity index (χ0v) is 11.9. The lowest BCUT2D eigenvalue weighted by Crippen LogP contribution is -2.45. The summed E-state index contributed by atoms with van der Waals surface area (Å²) in [4.78, 5) is 18.7. The van der Waals surface area contributed by atoms with Crippen LogP contribution < -0.4 is 16.6 Å². The van der Waals surface area contributed by atoms with Gasteiger partial charge in [0.2, 0.25) is 0 Å². The quantitative estimate of drug-likeness (QED) is 0.552. The number of nitrogens with two attached hydrogens (primary N) is 1. The zero-order valence-electron chi connectivity index (χ0n) is 11.9. The minimum Gasteiger partial charge on any atom is -0.348 e. The Hall–Kier alpha value is -1.66. The van der Waals surface area contributed by atoms with Crippen LogP contribution in [0, 0.1) is 0 Å². The van der Waals surface area contributed by atoms with E-state index in [1.54, 1.807) is 18.2 Å². The summed E-state index contributed by atoms with van der Waals surface area (Å²) < 4.78 is 0. The third-order valence-electron chi connectivity index (χ3n) is 3.59. The van der Waals surface area contributed by atoms with Gasteiger partial charge in [-0.15, -0.1) is 0 Å². The van der Waals surface area contributed by atoms with Gasteiger partial charge in [-0.1, -0.05) is 13.0 Å². The maximum Gasteiger partial charge on any atom is 0.270 e. The van der Waals surface area contributed by atoms with E-state index in [2.05, 4.69) is 27.6 Å². The number of likely N-dealkylation sites (tertiary alicyclic amines) is 1. The molecule has 2 heterocycles. The lowest BCUT2D eigenvalue weighted by molar-refractivity contribution is 0.0906. The number of anilines is 1. The lowest BCUT2D eigenvalue weighted by Gasteiger charge is -2.32. The Kier molecular flexibility index (Phi) is 5.31. The average Bonchev–Trinajstić information content (AvgIpc) is 2.49. The van der Waals surface area contributed by atoms with E-state index in [0.717, 1.165) is 32.5 Å². The van der Waals surface area contributed by atoms with Crippen LogP contribution in [0.1, 0.15) is 36.7 Å². The number of aromatic nitrogens is 1. The third kappa shape index (κ3) is 3.91. The monoisotopic (exact) mass is 277 g/mol. The van der Waals surface area contributed by atoms with Crippen molar-refractivity contribution >= 4 is 11.7 Å². The first kappa shape index (κ1) is 14.7. The van der Waals surface area contributed by atoms with Crippen LogP contribution in [0.3, 0.4) is 0 Å². The molecule has 0 radical (unpaired) electrons. The largest absolute Gasteiger partial charge is 0.348 e. The van der Waals surface area contributed by atoms with E-state index in [4.69, 9.17) is 5.84 Å². The Bertz CT molecular complexity index is 443. The summed E-state index contributed by atoms with van der Waals surface area (Å²) in [5.74, 6) is 5.66. The fraction of sp³-hybridized carbons (Fsp3) is 0.571. The zero-order chi connectivity index (χ0) is 14.4. The molecule has 0 aliphatic carbocycles. The van der Waals surface area contributed by atoms with Crippen molar-refractivity contribution in [2.24, 2.45) is 5.84 Å². The normalized spacial score (nSPS) is 16.9. The van der Waals surface area contributed by atoms with Crippen molar-refractivity contribution in [3.8, 4) is 0 Å². The smallest absolute Gasteiger partial charge is 0.270 e. The number of nitrogen functional groups attached to an aromatic ring is 1. The number of pyridine rings is 1. The fourth-order valence-electron chi connectivity index (χ4n) is 2.52. The second kappa shape index (κ2) is 7.21. The summed E-state index contributed by atoms with van der Waals surface area (Å²) >= 11 is 0.